The number of aromatic hydroxyl groups is 1. The molecule has 1 aliphatic rings. The van der Waals surface area contributed by atoms with Gasteiger partial charge in [0, 0.05) is 23.0 Å². The first-order chi connectivity index (χ1) is 7.70. The summed E-state index contributed by atoms with van der Waals surface area (Å²) in [5.41, 5.74) is 0.956. The lowest BCUT2D eigenvalue weighted by molar-refractivity contribution is 0.373. The van der Waals surface area contributed by atoms with E-state index in [9.17, 15) is 5.11 Å². The number of benzene rings is 1. The number of nitrogens with one attached hydrogen (secondary N) is 1. The van der Waals surface area contributed by atoms with Gasteiger partial charge >= 0.3 is 0 Å². The maximum absolute atomic E-state index is 9.66. The molecule has 1 saturated heterocycles. The number of hydrogen-bond donors (Lipinski definition) is 2. The number of thioether (sulfide) groups is 1. The molecule has 0 aromatic heterocycles. The second-order valence-corrected chi connectivity index (χ2v) is 5.49. The highest BCUT2D eigenvalue weighted by atomic mass is 32.2. The molecule has 3 nitrogen and oxygen atoms in total. The Morgan fingerprint density at radius 3 is 2.88 bits per heavy atom. The fraction of sp³-hybridized carbons (Fsp3) is 0.500. The largest absolute Gasteiger partial charge is 0.504 e. The van der Waals surface area contributed by atoms with Crippen molar-refractivity contribution >= 4 is 17.4 Å². The second-order valence-electron chi connectivity index (χ2n) is 4.00. The van der Waals surface area contributed by atoms with E-state index >= 15 is 0 Å². The summed E-state index contributed by atoms with van der Waals surface area (Å²) in [7, 11) is 1.55. The average molecular weight is 239 g/mol. The van der Waals surface area contributed by atoms with Crippen LogP contribution in [0.4, 0.5) is 5.69 Å². The predicted octanol–water partition coefficient (Wildman–Crippen LogP) is 2.71. The van der Waals surface area contributed by atoms with Crippen LogP contribution in [0.3, 0.4) is 0 Å². The Labute approximate surface area is 100 Å². The normalized spacial score (nSPS) is 24.4. The number of phenolic OH excluding ortho intramolecular Hbond substituents is 1. The molecule has 0 saturated carbocycles. The quantitative estimate of drug-likeness (QED) is 0.851. The fourth-order valence-corrected chi connectivity index (χ4v) is 3.11. The van der Waals surface area contributed by atoms with Crippen molar-refractivity contribution in [3.63, 3.8) is 0 Å². The van der Waals surface area contributed by atoms with E-state index in [1.807, 2.05) is 17.8 Å². The summed E-state index contributed by atoms with van der Waals surface area (Å²) >= 11 is 1.99. The molecule has 88 valence electrons. The van der Waals surface area contributed by atoms with Gasteiger partial charge in [-0.15, -0.1) is 0 Å². The van der Waals surface area contributed by atoms with Crippen molar-refractivity contribution in [1.29, 1.82) is 0 Å². The number of rotatable bonds is 3. The van der Waals surface area contributed by atoms with Gasteiger partial charge in [-0.05, 0) is 24.3 Å². The molecule has 1 aromatic carbocycles. The summed E-state index contributed by atoms with van der Waals surface area (Å²) < 4.78 is 5.01. The highest BCUT2D eigenvalue weighted by Gasteiger charge is 2.23. The van der Waals surface area contributed by atoms with Crippen molar-refractivity contribution in [3.05, 3.63) is 18.2 Å². The molecule has 16 heavy (non-hydrogen) atoms. The summed E-state index contributed by atoms with van der Waals surface area (Å²) in [5, 5.41) is 13.7. The van der Waals surface area contributed by atoms with E-state index in [1.165, 1.54) is 12.2 Å². The first-order valence-corrected chi connectivity index (χ1v) is 6.50. The molecule has 0 radical (unpaired) electrons. The molecule has 2 N–H and O–H groups in total. The third-order valence-corrected chi connectivity index (χ3v) is 4.23. The minimum absolute atomic E-state index is 0.186. The van der Waals surface area contributed by atoms with E-state index in [0.29, 0.717) is 17.0 Å². The van der Waals surface area contributed by atoms with Gasteiger partial charge in [0.2, 0.25) is 0 Å². The molecule has 1 fully saturated rings. The molecule has 2 rings (SSSR count). The zero-order valence-electron chi connectivity index (χ0n) is 9.56. The molecule has 0 amide bonds. The monoisotopic (exact) mass is 239 g/mol. The van der Waals surface area contributed by atoms with Gasteiger partial charge in [0.05, 0.1) is 7.11 Å². The maximum atomic E-state index is 9.66. The Morgan fingerprint density at radius 1 is 1.50 bits per heavy atom. The minimum Gasteiger partial charge on any atom is -0.504 e. The van der Waals surface area contributed by atoms with Crippen molar-refractivity contribution in [1.82, 2.24) is 0 Å². The van der Waals surface area contributed by atoms with Crippen LogP contribution in [0.5, 0.6) is 11.5 Å². The smallest absolute Gasteiger partial charge is 0.160 e. The maximum Gasteiger partial charge on any atom is 0.160 e. The van der Waals surface area contributed by atoms with E-state index < -0.39 is 0 Å². The van der Waals surface area contributed by atoms with Crippen LogP contribution in [0, 0.1) is 0 Å². The predicted molar refractivity (Wildman–Crippen MR) is 68.6 cm³/mol. The van der Waals surface area contributed by atoms with Crippen molar-refractivity contribution in [2.24, 2.45) is 0 Å². The number of anilines is 1. The minimum atomic E-state index is 0.186. The number of hydrogen-bond acceptors (Lipinski definition) is 4. The molecule has 0 bridgehead atoms. The van der Waals surface area contributed by atoms with Gasteiger partial charge in [-0.3, -0.25) is 0 Å². The van der Waals surface area contributed by atoms with Gasteiger partial charge in [-0.25, -0.2) is 0 Å². The molecule has 0 spiro atoms. The van der Waals surface area contributed by atoms with Crippen molar-refractivity contribution in [2.45, 2.75) is 24.6 Å². The van der Waals surface area contributed by atoms with Gasteiger partial charge in [0.15, 0.2) is 11.5 Å². The Balaban J connectivity index is 2.07. The highest BCUT2D eigenvalue weighted by molar-refractivity contribution is 8.00. The Hall–Kier alpha value is -1.03. The van der Waals surface area contributed by atoms with Crippen LogP contribution in [0.2, 0.25) is 0 Å². The lowest BCUT2D eigenvalue weighted by Gasteiger charge is -2.18. The lowest BCUT2D eigenvalue weighted by Crippen LogP contribution is -2.24. The molecule has 2 unspecified atom stereocenters. The Morgan fingerprint density at radius 2 is 2.31 bits per heavy atom. The molecule has 0 aliphatic carbocycles. The van der Waals surface area contributed by atoms with Gasteiger partial charge in [-0.2, -0.15) is 11.8 Å². The van der Waals surface area contributed by atoms with Crippen LogP contribution in [0.15, 0.2) is 18.2 Å². The Bertz CT molecular complexity index is 370. The summed E-state index contributed by atoms with van der Waals surface area (Å²) in [6.45, 7) is 2.23. The third kappa shape index (κ3) is 2.38. The first-order valence-electron chi connectivity index (χ1n) is 5.46. The average Bonchev–Trinajstić information content (AvgIpc) is 2.65. The standard InChI is InChI=1S/C12H17NO2S/c1-8-10(5-6-16-8)13-9-3-4-12(15-2)11(14)7-9/h3-4,7-8,10,13-14H,5-6H2,1-2H3. The highest BCUT2D eigenvalue weighted by Crippen LogP contribution is 2.32. The zero-order valence-corrected chi connectivity index (χ0v) is 10.4. The van der Waals surface area contributed by atoms with E-state index in [-0.39, 0.29) is 5.75 Å². The van der Waals surface area contributed by atoms with Gasteiger partial charge < -0.3 is 15.2 Å². The molecule has 1 aromatic rings. The van der Waals surface area contributed by atoms with Gasteiger partial charge in [0.1, 0.15) is 0 Å². The second kappa shape index (κ2) is 4.87. The fourth-order valence-electron chi connectivity index (χ4n) is 1.92. The Kier molecular flexibility index (Phi) is 3.49. The number of methoxy groups -OCH3 is 1. The van der Waals surface area contributed by atoms with E-state index in [2.05, 4.69) is 12.2 Å². The van der Waals surface area contributed by atoms with Gasteiger partial charge in [-0.1, -0.05) is 6.92 Å². The number of ether oxygens (including phenoxy) is 1. The topological polar surface area (TPSA) is 41.5 Å². The van der Waals surface area contributed by atoms with E-state index in [4.69, 9.17) is 4.74 Å². The van der Waals surface area contributed by atoms with Crippen molar-refractivity contribution in [3.8, 4) is 11.5 Å². The zero-order chi connectivity index (χ0) is 11.5. The van der Waals surface area contributed by atoms with Crippen LogP contribution < -0.4 is 10.1 Å². The molecule has 1 heterocycles. The van der Waals surface area contributed by atoms with E-state index in [0.717, 1.165) is 5.69 Å². The van der Waals surface area contributed by atoms with Crippen LogP contribution >= 0.6 is 11.8 Å². The molecular weight excluding hydrogens is 222 g/mol. The van der Waals surface area contributed by atoms with Crippen LogP contribution in [0.25, 0.3) is 0 Å². The molecular formula is C12H17NO2S. The third-order valence-electron chi connectivity index (χ3n) is 2.91. The molecule has 1 aliphatic heterocycles. The summed E-state index contributed by atoms with van der Waals surface area (Å²) in [6.07, 6.45) is 1.18. The van der Waals surface area contributed by atoms with Crippen LogP contribution in [-0.4, -0.2) is 29.3 Å². The number of phenols is 1. The lowest BCUT2D eigenvalue weighted by atomic mass is 10.1. The summed E-state index contributed by atoms with van der Waals surface area (Å²) in [6, 6.07) is 5.94. The SMILES string of the molecule is COc1ccc(NC2CCSC2C)cc1O. The summed E-state index contributed by atoms with van der Waals surface area (Å²) in [5.74, 6) is 1.91. The van der Waals surface area contributed by atoms with E-state index in [1.54, 1.807) is 19.2 Å². The van der Waals surface area contributed by atoms with Crippen LogP contribution in [0.1, 0.15) is 13.3 Å². The molecule has 4 heteroatoms. The first kappa shape index (κ1) is 11.5. The summed E-state index contributed by atoms with van der Waals surface area (Å²) in [4.78, 5) is 0. The van der Waals surface area contributed by atoms with Crippen LogP contribution in [-0.2, 0) is 0 Å². The van der Waals surface area contributed by atoms with Crippen molar-refractivity contribution < 1.29 is 9.84 Å². The van der Waals surface area contributed by atoms with Gasteiger partial charge in [0.25, 0.3) is 0 Å². The molecule has 2 atom stereocenters. The van der Waals surface area contributed by atoms with Crippen molar-refractivity contribution in [2.75, 3.05) is 18.2 Å².